The number of fused-ring (bicyclic) bond motifs is 2. The molecule has 4 fully saturated rings. The number of aliphatic hydroxyl groups is 1. The first kappa shape index (κ1) is 12.3. The Hall–Kier alpha value is -1.40. The van der Waals surface area contributed by atoms with E-state index in [0.717, 1.165) is 18.4 Å². The van der Waals surface area contributed by atoms with Crippen molar-refractivity contribution in [3.8, 4) is 0 Å². The summed E-state index contributed by atoms with van der Waals surface area (Å²) in [4.78, 5) is 13.7. The van der Waals surface area contributed by atoms with Crippen LogP contribution in [0.5, 0.6) is 0 Å². The zero-order valence-electron chi connectivity index (χ0n) is 10.8. The van der Waals surface area contributed by atoms with E-state index < -0.39 is 25.9 Å². The minimum Gasteiger partial charge on any atom is -0.385 e. The maximum Gasteiger partial charge on any atom is 0.245 e. The second kappa shape index (κ2) is 3.62. The Kier molecular flexibility index (Phi) is 2.24. The fraction of sp³-hybridized carbons (Fsp3) is 0.500. The third-order valence-electron chi connectivity index (χ3n) is 4.71. The maximum atomic E-state index is 12.2. The van der Waals surface area contributed by atoms with Gasteiger partial charge in [0.05, 0.1) is 10.9 Å². The third-order valence-corrected chi connectivity index (χ3v) is 7.16. The van der Waals surface area contributed by atoms with Crippen LogP contribution < -0.4 is 4.90 Å². The molecule has 106 valence electrons. The molecule has 1 aromatic carbocycles. The summed E-state index contributed by atoms with van der Waals surface area (Å²) in [5.41, 5.74) is 0.895. The highest BCUT2D eigenvalue weighted by Gasteiger charge is 2.57. The minimum absolute atomic E-state index is 0.251. The Bertz CT molecular complexity index is 690. The predicted molar refractivity (Wildman–Crippen MR) is 73.0 cm³/mol. The number of sulfone groups is 1. The fourth-order valence-electron chi connectivity index (χ4n) is 3.10. The SMILES string of the molecule is O=C1C2CC(CN1c1ccc(C3(O)CC3)cc1)S2(=O)=O. The molecule has 3 saturated heterocycles. The molecular weight excluding hydrogens is 278 g/mol. The summed E-state index contributed by atoms with van der Waals surface area (Å²) >= 11 is 0. The van der Waals surface area contributed by atoms with Gasteiger partial charge in [-0.05, 0) is 37.0 Å². The Morgan fingerprint density at radius 3 is 2.35 bits per heavy atom. The molecule has 2 unspecified atom stereocenters. The van der Waals surface area contributed by atoms with Crippen LogP contribution in [0, 0.1) is 0 Å². The maximum absolute atomic E-state index is 12.2. The van der Waals surface area contributed by atoms with Gasteiger partial charge in [0.2, 0.25) is 5.91 Å². The van der Waals surface area contributed by atoms with E-state index in [1.165, 1.54) is 0 Å². The lowest BCUT2D eigenvalue weighted by atomic mass is 10.0. The molecule has 1 aliphatic carbocycles. The van der Waals surface area contributed by atoms with Gasteiger partial charge in [0.25, 0.3) is 0 Å². The average Bonchev–Trinajstić information content (AvgIpc) is 3.18. The van der Waals surface area contributed by atoms with Crippen LogP contribution in [0.2, 0.25) is 0 Å². The lowest BCUT2D eigenvalue weighted by Crippen LogP contribution is -2.65. The zero-order valence-corrected chi connectivity index (χ0v) is 11.6. The van der Waals surface area contributed by atoms with E-state index in [4.69, 9.17) is 0 Å². The first-order chi connectivity index (χ1) is 9.42. The molecule has 4 aliphatic rings. The number of carbonyl (C=O) groups is 1. The van der Waals surface area contributed by atoms with Crippen molar-refractivity contribution < 1.29 is 18.3 Å². The van der Waals surface area contributed by atoms with E-state index in [2.05, 4.69) is 0 Å². The van der Waals surface area contributed by atoms with Crippen LogP contribution in [0.1, 0.15) is 24.8 Å². The molecule has 5 rings (SSSR count). The normalized spacial score (nSPS) is 32.6. The van der Waals surface area contributed by atoms with Gasteiger partial charge in [-0.3, -0.25) is 4.79 Å². The highest BCUT2D eigenvalue weighted by Crippen LogP contribution is 2.46. The van der Waals surface area contributed by atoms with Crippen LogP contribution >= 0.6 is 0 Å². The molecule has 1 saturated carbocycles. The molecule has 6 heteroatoms. The van der Waals surface area contributed by atoms with Crippen molar-refractivity contribution in [2.24, 2.45) is 0 Å². The monoisotopic (exact) mass is 293 g/mol. The second-order valence-corrected chi connectivity index (χ2v) is 8.38. The molecule has 0 spiro atoms. The molecule has 5 nitrogen and oxygen atoms in total. The van der Waals surface area contributed by atoms with Crippen molar-refractivity contribution in [3.05, 3.63) is 29.8 Å². The van der Waals surface area contributed by atoms with Crippen LogP contribution in [0.15, 0.2) is 24.3 Å². The third kappa shape index (κ3) is 1.52. The van der Waals surface area contributed by atoms with Gasteiger partial charge in [0.15, 0.2) is 9.84 Å². The summed E-state index contributed by atoms with van der Waals surface area (Å²) in [5, 5.41) is 8.77. The van der Waals surface area contributed by atoms with Crippen LogP contribution in [-0.2, 0) is 20.2 Å². The molecule has 0 radical (unpaired) electrons. The Morgan fingerprint density at radius 2 is 1.85 bits per heavy atom. The number of piperidine rings is 1. The molecule has 3 heterocycles. The molecule has 1 aromatic rings. The Morgan fingerprint density at radius 1 is 1.20 bits per heavy atom. The standard InChI is InChI=1S/C14H15NO4S/c16-13-12-7-11(20(12,18)19)8-15(13)10-3-1-9(2-4-10)14(17)5-6-14/h1-4,11-12,17H,5-8H2. The Labute approximate surface area is 117 Å². The molecule has 2 bridgehead atoms. The van der Waals surface area contributed by atoms with Gasteiger partial charge in [-0.25, -0.2) is 8.42 Å². The number of rotatable bonds is 2. The quantitative estimate of drug-likeness (QED) is 0.865. The predicted octanol–water partition coefficient (Wildman–Crippen LogP) is 0.570. The van der Waals surface area contributed by atoms with Crippen molar-refractivity contribution >= 4 is 21.4 Å². The van der Waals surface area contributed by atoms with Gasteiger partial charge in [0.1, 0.15) is 5.25 Å². The van der Waals surface area contributed by atoms with Gasteiger partial charge >= 0.3 is 0 Å². The van der Waals surface area contributed by atoms with E-state index in [0.29, 0.717) is 12.1 Å². The topological polar surface area (TPSA) is 74.7 Å². The molecule has 1 amide bonds. The van der Waals surface area contributed by atoms with E-state index in [1.54, 1.807) is 17.0 Å². The van der Waals surface area contributed by atoms with Crippen LogP contribution in [0.25, 0.3) is 0 Å². The van der Waals surface area contributed by atoms with E-state index >= 15 is 0 Å². The highest BCUT2D eigenvalue weighted by molar-refractivity contribution is 7.95. The number of hydrogen-bond acceptors (Lipinski definition) is 4. The summed E-state index contributed by atoms with van der Waals surface area (Å²) < 4.78 is 23.5. The fourth-order valence-corrected chi connectivity index (χ4v) is 4.93. The highest BCUT2D eigenvalue weighted by atomic mass is 32.2. The molecule has 0 aromatic heterocycles. The summed E-state index contributed by atoms with van der Waals surface area (Å²) in [6, 6.07) is 7.23. The minimum atomic E-state index is -3.21. The number of benzene rings is 1. The lowest BCUT2D eigenvalue weighted by molar-refractivity contribution is -0.119. The second-order valence-electron chi connectivity index (χ2n) is 5.96. The van der Waals surface area contributed by atoms with Gasteiger partial charge in [0, 0.05) is 12.2 Å². The van der Waals surface area contributed by atoms with Crippen LogP contribution in [0.3, 0.4) is 0 Å². The van der Waals surface area contributed by atoms with E-state index in [1.807, 2.05) is 12.1 Å². The summed E-state index contributed by atoms with van der Waals surface area (Å²) in [5.74, 6) is -0.314. The number of amides is 1. The van der Waals surface area contributed by atoms with Crippen molar-refractivity contribution in [1.82, 2.24) is 0 Å². The number of anilines is 1. The van der Waals surface area contributed by atoms with Gasteiger partial charge in [-0.1, -0.05) is 12.1 Å². The smallest absolute Gasteiger partial charge is 0.245 e. The van der Waals surface area contributed by atoms with Gasteiger partial charge in [-0.2, -0.15) is 0 Å². The zero-order chi connectivity index (χ0) is 14.1. The largest absolute Gasteiger partial charge is 0.385 e. The van der Waals surface area contributed by atoms with Crippen molar-refractivity contribution in [2.75, 3.05) is 11.4 Å². The number of nitrogens with zero attached hydrogens (tertiary/aromatic N) is 1. The number of hydrogen-bond donors (Lipinski definition) is 1. The van der Waals surface area contributed by atoms with Crippen LogP contribution in [0.4, 0.5) is 5.69 Å². The van der Waals surface area contributed by atoms with E-state index in [9.17, 15) is 18.3 Å². The number of carbonyl (C=O) groups excluding carboxylic acids is 1. The molecule has 2 atom stereocenters. The average molecular weight is 293 g/mol. The Balaban J connectivity index is 1.61. The lowest BCUT2D eigenvalue weighted by Gasteiger charge is -2.45. The first-order valence-electron chi connectivity index (χ1n) is 6.79. The van der Waals surface area contributed by atoms with E-state index in [-0.39, 0.29) is 12.5 Å². The summed E-state index contributed by atoms with van der Waals surface area (Å²) in [7, 11) is -3.21. The van der Waals surface area contributed by atoms with Crippen molar-refractivity contribution in [3.63, 3.8) is 0 Å². The van der Waals surface area contributed by atoms with Crippen molar-refractivity contribution in [2.45, 2.75) is 35.4 Å². The molecule has 1 N–H and O–H groups in total. The van der Waals surface area contributed by atoms with Crippen molar-refractivity contribution in [1.29, 1.82) is 0 Å². The van der Waals surface area contributed by atoms with Gasteiger partial charge < -0.3 is 10.0 Å². The molecule has 20 heavy (non-hydrogen) atoms. The first-order valence-corrected chi connectivity index (χ1v) is 8.40. The van der Waals surface area contributed by atoms with Gasteiger partial charge in [-0.15, -0.1) is 0 Å². The summed E-state index contributed by atoms with van der Waals surface area (Å²) in [6.07, 6.45) is 2.02. The molecular formula is C14H15NO4S. The molecule has 3 aliphatic heterocycles. The summed E-state index contributed by atoms with van der Waals surface area (Å²) in [6.45, 7) is 0.251. The van der Waals surface area contributed by atoms with Crippen LogP contribution in [-0.4, -0.2) is 36.5 Å².